The van der Waals surface area contributed by atoms with E-state index in [1.165, 1.54) is 145 Å². The van der Waals surface area contributed by atoms with Crippen LogP contribution in [0.15, 0.2) is 349 Å². The van der Waals surface area contributed by atoms with Crippen molar-refractivity contribution in [3.8, 4) is 122 Å². The summed E-state index contributed by atoms with van der Waals surface area (Å²) in [6, 6.07) is 126. The van der Waals surface area contributed by atoms with Gasteiger partial charge in [0.2, 0.25) is 0 Å². The van der Waals surface area contributed by atoms with Crippen LogP contribution in [-0.2, 0) is 18.3 Å². The largest absolute Gasteiger partial charge is 0.0622 e. The van der Waals surface area contributed by atoms with Gasteiger partial charge in [-0.25, -0.2) is 0 Å². The Balaban J connectivity index is 0.892. The van der Waals surface area contributed by atoms with Crippen molar-refractivity contribution in [2.45, 2.75) is 18.3 Å². The molecule has 0 amide bonds. The van der Waals surface area contributed by atoms with E-state index in [2.05, 4.69) is 372 Å². The zero-order valence-electron chi connectivity index (χ0n) is 49.0. The molecule has 2 heteroatoms. The van der Waals surface area contributed by atoms with Gasteiger partial charge >= 0.3 is 0 Å². The third-order valence-corrected chi connectivity index (χ3v) is 19.0. The third kappa shape index (κ3) is 10.6. The summed E-state index contributed by atoms with van der Waals surface area (Å²) < 4.78 is 2.15. The highest BCUT2D eigenvalue weighted by Crippen LogP contribution is 2.56. The number of halogens is 2. The van der Waals surface area contributed by atoms with Crippen LogP contribution in [0.1, 0.15) is 22.3 Å². The van der Waals surface area contributed by atoms with E-state index in [0.717, 1.165) is 21.8 Å². The fourth-order valence-corrected chi connectivity index (χ4v) is 14.8. The molecule has 15 rings (SSSR count). The zero-order chi connectivity index (χ0) is 59.7. The van der Waals surface area contributed by atoms with Gasteiger partial charge in [-0.3, -0.25) is 0 Å². The summed E-state index contributed by atoms with van der Waals surface area (Å²) in [6.45, 7) is 0. The normalized spacial score (nSPS) is 12.1. The Bertz CT molecular complexity index is 4500. The van der Waals surface area contributed by atoms with Gasteiger partial charge in [0.25, 0.3) is 0 Å². The molecular weight excluding hydrogens is 1200 g/mol. The monoisotopic (exact) mass is 1260 g/mol. The Morgan fingerprint density at radius 2 is 0.416 bits per heavy atom. The van der Waals surface area contributed by atoms with Crippen molar-refractivity contribution in [2.75, 3.05) is 0 Å². The van der Waals surface area contributed by atoms with E-state index >= 15 is 0 Å². The van der Waals surface area contributed by atoms with E-state index in [9.17, 15) is 0 Å². The molecule has 0 bridgehead atoms. The molecule has 0 saturated carbocycles. The smallest absolute Gasteiger partial charge is 0.0296 e. The van der Waals surface area contributed by atoms with Crippen LogP contribution >= 0.6 is 31.9 Å². The van der Waals surface area contributed by atoms with Crippen LogP contribution in [0.2, 0.25) is 0 Å². The minimum absolute atomic E-state index is 0.428. The summed E-state index contributed by atoms with van der Waals surface area (Å²) in [4.78, 5) is 0. The number of fused-ring (bicyclic) bond motifs is 3. The average Bonchev–Trinajstić information content (AvgIpc) is 1.90. The zero-order valence-corrected chi connectivity index (χ0v) is 52.2. The van der Waals surface area contributed by atoms with E-state index < -0.39 is 5.41 Å². The Labute approximate surface area is 539 Å². The topological polar surface area (TPSA) is 0 Å². The molecule has 1 aliphatic rings. The van der Waals surface area contributed by atoms with Gasteiger partial charge in [-0.05, 0) is 194 Å². The molecule has 1 aliphatic carbocycles. The Morgan fingerprint density at radius 1 is 0.191 bits per heavy atom. The van der Waals surface area contributed by atoms with Crippen LogP contribution in [0.3, 0.4) is 0 Å². The van der Waals surface area contributed by atoms with Crippen LogP contribution < -0.4 is 0 Å². The summed E-state index contributed by atoms with van der Waals surface area (Å²) in [5.41, 5.74) is 31.2. The molecule has 0 saturated heterocycles. The molecule has 0 N–H and O–H groups in total. The van der Waals surface area contributed by atoms with Crippen LogP contribution in [0, 0.1) is 0 Å². The summed E-state index contributed by atoms with van der Waals surface area (Å²) >= 11 is 7.98. The first-order valence-electron chi connectivity index (χ1n) is 30.6. The predicted octanol–water partition coefficient (Wildman–Crippen LogP) is 24.6. The predicted molar refractivity (Wildman–Crippen MR) is 383 cm³/mol. The van der Waals surface area contributed by atoms with Gasteiger partial charge < -0.3 is 0 Å². The van der Waals surface area contributed by atoms with Gasteiger partial charge in [0.15, 0.2) is 0 Å². The van der Waals surface area contributed by atoms with E-state index in [4.69, 9.17) is 0 Å². The van der Waals surface area contributed by atoms with Gasteiger partial charge in [0.1, 0.15) is 0 Å². The van der Waals surface area contributed by atoms with E-state index in [-0.39, 0.29) is 0 Å². The molecule has 0 unspecified atom stereocenters. The molecular formula is C87H60Br2. The van der Waals surface area contributed by atoms with Gasteiger partial charge in [-0.1, -0.05) is 335 Å². The lowest BCUT2D eigenvalue weighted by Crippen LogP contribution is -2.31. The minimum atomic E-state index is -0.428. The summed E-state index contributed by atoms with van der Waals surface area (Å²) in [7, 11) is 0. The van der Waals surface area contributed by atoms with Crippen LogP contribution in [-0.4, -0.2) is 0 Å². The van der Waals surface area contributed by atoms with E-state index in [0.29, 0.717) is 0 Å². The summed E-state index contributed by atoms with van der Waals surface area (Å²) in [5.74, 6) is 0. The van der Waals surface area contributed by atoms with Crippen LogP contribution in [0.4, 0.5) is 0 Å². The fourth-order valence-electron chi connectivity index (χ4n) is 14.1. The maximum absolute atomic E-state index is 3.99. The molecule has 0 nitrogen and oxygen atoms in total. The molecule has 0 heterocycles. The molecule has 0 radical (unpaired) electrons. The highest BCUT2D eigenvalue weighted by molar-refractivity contribution is 9.10. The van der Waals surface area contributed by atoms with Gasteiger partial charge in [-0.2, -0.15) is 0 Å². The van der Waals surface area contributed by atoms with Crippen molar-refractivity contribution >= 4 is 31.9 Å². The molecule has 89 heavy (non-hydrogen) atoms. The maximum atomic E-state index is 3.99. The molecule has 0 spiro atoms. The molecule has 422 valence electrons. The summed E-state index contributed by atoms with van der Waals surface area (Å²) in [5, 5.41) is 0. The van der Waals surface area contributed by atoms with Gasteiger partial charge in [0, 0.05) is 14.4 Å². The van der Waals surface area contributed by atoms with E-state index in [1.807, 2.05) is 0 Å². The quantitative estimate of drug-likeness (QED) is 0.102. The minimum Gasteiger partial charge on any atom is -0.0622 e. The Morgan fingerprint density at radius 3 is 0.674 bits per heavy atom. The first-order valence-corrected chi connectivity index (χ1v) is 32.2. The summed E-state index contributed by atoms with van der Waals surface area (Å²) in [6.07, 6.45) is 1.57. The van der Waals surface area contributed by atoms with Crippen molar-refractivity contribution in [2.24, 2.45) is 0 Å². The number of rotatable bonds is 14. The fraction of sp³-hybridized carbons (Fsp3) is 0.0345. The Kier molecular flexibility index (Phi) is 15.2. The van der Waals surface area contributed by atoms with Crippen molar-refractivity contribution in [1.29, 1.82) is 0 Å². The molecule has 0 fully saturated rings. The molecule has 14 aromatic rings. The van der Waals surface area contributed by atoms with Gasteiger partial charge in [-0.15, -0.1) is 0 Å². The van der Waals surface area contributed by atoms with Crippen molar-refractivity contribution in [3.05, 3.63) is 371 Å². The number of benzene rings is 14. The second kappa shape index (κ2) is 24.3. The highest BCUT2D eigenvalue weighted by atomic mass is 79.9. The molecule has 0 atom stereocenters. The third-order valence-electron chi connectivity index (χ3n) is 18.0. The van der Waals surface area contributed by atoms with Crippen LogP contribution in [0.25, 0.3) is 122 Å². The maximum Gasteiger partial charge on any atom is 0.0296 e. The second-order valence-corrected chi connectivity index (χ2v) is 25.2. The first kappa shape index (κ1) is 55.6. The van der Waals surface area contributed by atoms with Gasteiger partial charge in [0.05, 0.1) is 0 Å². The molecule has 14 aromatic carbocycles. The van der Waals surface area contributed by atoms with Crippen molar-refractivity contribution in [1.82, 2.24) is 0 Å². The first-order chi connectivity index (χ1) is 44.0. The second-order valence-electron chi connectivity index (χ2n) is 23.3. The van der Waals surface area contributed by atoms with Crippen molar-refractivity contribution in [3.63, 3.8) is 0 Å². The average molecular weight is 1270 g/mol. The number of hydrogen-bond acceptors (Lipinski definition) is 0. The molecule has 0 aliphatic heterocycles. The number of hydrogen-bond donors (Lipinski definition) is 0. The SMILES string of the molecule is Brc1ccc2c(c1)C(Cc1ccc(-c3cc(-c4ccccc4)c(-c4ccccc4)c(-c4ccccc4)c3-c3ccccc3)cc1)(Cc1ccc(-c3cc(-c4ccccc4)c(-c4ccccc4)c(-c4ccccc4)c3-c3ccccc3)cc1)c1cc(Br)ccc1-2. The standard InChI is InChI=1S/C87H60Br2/c88-71-49-51-73-74-52-50-72(89)54-80(74)87(79(73)53-71,57-59-41-45-63(46-42-59)77-55-75(61-25-9-1-10-26-61)81(65-29-13-3-14-30-65)85(69-37-21-7-22-38-69)83(77)67-33-17-5-18-34-67)58-60-43-47-64(48-44-60)78-56-76(62-27-11-2-12-28-62)82(66-31-15-4-16-32-66)86(70-39-23-8-24-40-70)84(78)68-35-19-6-20-36-68/h1-56H,57-58H2. The van der Waals surface area contributed by atoms with Crippen molar-refractivity contribution < 1.29 is 0 Å². The lowest BCUT2D eigenvalue weighted by atomic mass is 9.69. The van der Waals surface area contributed by atoms with E-state index in [1.54, 1.807) is 0 Å². The van der Waals surface area contributed by atoms with Crippen LogP contribution in [0.5, 0.6) is 0 Å². The lowest BCUT2D eigenvalue weighted by molar-refractivity contribution is 0.519. The lowest BCUT2D eigenvalue weighted by Gasteiger charge is -2.33. The molecule has 0 aromatic heterocycles. The Hall–Kier alpha value is -9.96. The highest BCUT2D eigenvalue weighted by Gasteiger charge is 2.44.